The van der Waals surface area contributed by atoms with E-state index in [2.05, 4.69) is 15.9 Å². The first-order valence-corrected chi connectivity index (χ1v) is 8.32. The van der Waals surface area contributed by atoms with E-state index >= 15 is 0 Å². The van der Waals surface area contributed by atoms with Crippen LogP contribution in [0.3, 0.4) is 0 Å². The van der Waals surface area contributed by atoms with Crippen molar-refractivity contribution in [2.24, 2.45) is 11.7 Å². The van der Waals surface area contributed by atoms with Gasteiger partial charge in [-0.2, -0.15) is 0 Å². The van der Waals surface area contributed by atoms with E-state index in [1.807, 2.05) is 0 Å². The van der Waals surface area contributed by atoms with E-state index < -0.39 is 11.6 Å². The maximum atomic E-state index is 13.1. The van der Waals surface area contributed by atoms with Gasteiger partial charge in [0.2, 0.25) is 0 Å². The van der Waals surface area contributed by atoms with Crippen molar-refractivity contribution in [2.75, 3.05) is 13.2 Å². The molecular weight excluding hydrogens is 411 g/mol. The van der Waals surface area contributed by atoms with Gasteiger partial charge in [0.1, 0.15) is 11.6 Å². The van der Waals surface area contributed by atoms with E-state index in [9.17, 15) is 8.78 Å². The van der Waals surface area contributed by atoms with E-state index in [1.165, 1.54) is 24.3 Å². The molecule has 0 spiro atoms. The lowest BCUT2D eigenvalue weighted by Gasteiger charge is -2.31. The summed E-state index contributed by atoms with van der Waals surface area (Å²) in [6.07, 6.45) is 0. The molecule has 0 aromatic heterocycles. The topological polar surface area (TPSA) is 35.2 Å². The highest BCUT2D eigenvalue weighted by molar-refractivity contribution is 9.10. The Bertz CT molecular complexity index is 683. The first kappa shape index (κ1) is 18.6. The summed E-state index contributed by atoms with van der Waals surface area (Å²) in [7, 11) is 0. The lowest BCUT2D eigenvalue weighted by atomic mass is 9.92. The van der Waals surface area contributed by atoms with Crippen molar-refractivity contribution in [3.63, 3.8) is 0 Å². The molecule has 7 heteroatoms. The Labute approximate surface area is 151 Å². The van der Waals surface area contributed by atoms with Crippen molar-refractivity contribution in [1.29, 1.82) is 0 Å². The number of hydrogen-bond donors (Lipinski definition) is 1. The van der Waals surface area contributed by atoms with Crippen LogP contribution in [0.15, 0.2) is 40.9 Å². The Balaban J connectivity index is 0.000000185. The van der Waals surface area contributed by atoms with E-state index in [1.54, 1.807) is 12.1 Å². The summed E-state index contributed by atoms with van der Waals surface area (Å²) in [5.41, 5.74) is 6.71. The second kappa shape index (κ2) is 8.40. The molecule has 1 aliphatic rings. The minimum absolute atomic E-state index is 0.130. The largest absolute Gasteiger partial charge is 0.381 e. The van der Waals surface area contributed by atoms with E-state index in [4.69, 9.17) is 33.7 Å². The lowest BCUT2D eigenvalue weighted by molar-refractivity contribution is -0.0442. The quantitative estimate of drug-likeness (QED) is 0.658. The molecule has 1 unspecified atom stereocenters. The molecule has 0 aliphatic carbocycles. The molecule has 3 rings (SSSR count). The highest BCUT2D eigenvalue weighted by atomic mass is 79.9. The minimum Gasteiger partial charge on any atom is -0.381 e. The third kappa shape index (κ3) is 5.13. The van der Waals surface area contributed by atoms with Crippen LogP contribution in [0.4, 0.5) is 8.78 Å². The Morgan fingerprint density at radius 2 is 1.61 bits per heavy atom. The average Bonchev–Trinajstić information content (AvgIpc) is 2.45. The zero-order valence-electron chi connectivity index (χ0n) is 11.9. The van der Waals surface area contributed by atoms with Gasteiger partial charge in [-0.3, -0.25) is 0 Å². The van der Waals surface area contributed by atoms with Gasteiger partial charge in [0.15, 0.2) is 0 Å². The molecule has 0 saturated carbocycles. The molecular formula is C16H14BrCl2F2NO. The Kier molecular flexibility index (Phi) is 6.80. The molecule has 2 nitrogen and oxygen atoms in total. The Morgan fingerprint density at radius 3 is 2.04 bits per heavy atom. The van der Waals surface area contributed by atoms with Crippen LogP contribution in [-0.2, 0) is 4.74 Å². The standard InChI is InChI=1S/C10H11ClFNO.C6H3BrClF/c11-8-2-1-6(3-9(8)12)10(13)7-4-14-5-7;7-4-1-2-5(8)6(9)3-4/h1-3,7,10H,4-5,13H2;1-3H. The van der Waals surface area contributed by atoms with Crippen LogP contribution < -0.4 is 5.73 Å². The number of hydrogen-bond acceptors (Lipinski definition) is 2. The summed E-state index contributed by atoms with van der Waals surface area (Å²) in [5.74, 6) is -0.513. The van der Waals surface area contributed by atoms with Crippen LogP contribution >= 0.6 is 39.1 Å². The summed E-state index contributed by atoms with van der Waals surface area (Å²) in [6, 6.07) is 9.04. The van der Waals surface area contributed by atoms with Crippen molar-refractivity contribution in [3.8, 4) is 0 Å². The molecule has 2 N–H and O–H groups in total. The summed E-state index contributed by atoms with van der Waals surface area (Å²) in [5, 5.41) is 0.281. The van der Waals surface area contributed by atoms with Gasteiger partial charge in [-0.15, -0.1) is 0 Å². The van der Waals surface area contributed by atoms with Crippen LogP contribution in [-0.4, -0.2) is 13.2 Å². The van der Waals surface area contributed by atoms with E-state index in [0.717, 1.165) is 5.56 Å². The number of benzene rings is 2. The molecule has 1 aliphatic heterocycles. The summed E-state index contributed by atoms with van der Waals surface area (Å²) < 4.78 is 31.3. The van der Waals surface area contributed by atoms with Crippen LogP contribution in [0.2, 0.25) is 10.0 Å². The molecule has 0 radical (unpaired) electrons. The first-order chi connectivity index (χ1) is 10.9. The van der Waals surface area contributed by atoms with Crippen molar-refractivity contribution < 1.29 is 13.5 Å². The van der Waals surface area contributed by atoms with Gasteiger partial charge in [-0.05, 0) is 35.9 Å². The second-order valence-electron chi connectivity index (χ2n) is 5.06. The van der Waals surface area contributed by atoms with Gasteiger partial charge in [0, 0.05) is 16.4 Å². The van der Waals surface area contributed by atoms with Crippen LogP contribution in [0.1, 0.15) is 11.6 Å². The number of nitrogens with two attached hydrogens (primary N) is 1. The summed E-state index contributed by atoms with van der Waals surface area (Å²) >= 11 is 14.1. The Morgan fingerprint density at radius 1 is 1.04 bits per heavy atom. The van der Waals surface area contributed by atoms with Crippen molar-refractivity contribution in [3.05, 3.63) is 68.1 Å². The zero-order valence-corrected chi connectivity index (χ0v) is 15.0. The van der Waals surface area contributed by atoms with Gasteiger partial charge in [0.05, 0.1) is 23.3 Å². The summed E-state index contributed by atoms with van der Waals surface area (Å²) in [6.45, 7) is 1.32. The van der Waals surface area contributed by atoms with Crippen molar-refractivity contribution in [2.45, 2.75) is 6.04 Å². The van der Waals surface area contributed by atoms with Gasteiger partial charge in [0.25, 0.3) is 0 Å². The molecule has 0 amide bonds. The van der Waals surface area contributed by atoms with E-state index in [-0.39, 0.29) is 16.1 Å². The van der Waals surface area contributed by atoms with Crippen LogP contribution in [0.25, 0.3) is 0 Å². The SMILES string of the molecule is Fc1cc(Br)ccc1Cl.NC(c1ccc(Cl)c(F)c1)C1COC1. The van der Waals surface area contributed by atoms with Gasteiger partial charge in [-0.1, -0.05) is 45.2 Å². The van der Waals surface area contributed by atoms with E-state index in [0.29, 0.717) is 23.6 Å². The normalized spacial score (nSPS) is 15.4. The van der Waals surface area contributed by atoms with Gasteiger partial charge < -0.3 is 10.5 Å². The summed E-state index contributed by atoms with van der Waals surface area (Å²) in [4.78, 5) is 0. The smallest absolute Gasteiger partial charge is 0.142 e. The monoisotopic (exact) mass is 423 g/mol. The number of halogens is 5. The fourth-order valence-electron chi connectivity index (χ4n) is 1.92. The maximum Gasteiger partial charge on any atom is 0.142 e. The predicted octanol–water partition coefficient (Wildman–Crippen LogP) is 5.37. The van der Waals surface area contributed by atoms with Crippen LogP contribution in [0.5, 0.6) is 0 Å². The molecule has 1 saturated heterocycles. The molecule has 1 heterocycles. The lowest BCUT2D eigenvalue weighted by Crippen LogP contribution is -2.37. The molecule has 124 valence electrons. The second-order valence-corrected chi connectivity index (χ2v) is 6.79. The fourth-order valence-corrected chi connectivity index (χ4v) is 2.49. The molecule has 2 aromatic rings. The third-order valence-corrected chi connectivity index (χ3v) is 4.49. The zero-order chi connectivity index (χ0) is 17.0. The molecule has 2 aromatic carbocycles. The predicted molar refractivity (Wildman–Crippen MR) is 91.8 cm³/mol. The number of ether oxygens (including phenoxy) is 1. The fraction of sp³-hybridized carbons (Fsp3) is 0.250. The minimum atomic E-state index is -0.417. The highest BCUT2D eigenvalue weighted by Gasteiger charge is 2.26. The highest BCUT2D eigenvalue weighted by Crippen LogP contribution is 2.27. The molecule has 1 fully saturated rings. The average molecular weight is 425 g/mol. The van der Waals surface area contributed by atoms with Gasteiger partial charge >= 0.3 is 0 Å². The molecule has 0 bridgehead atoms. The van der Waals surface area contributed by atoms with Gasteiger partial charge in [-0.25, -0.2) is 8.78 Å². The first-order valence-electron chi connectivity index (χ1n) is 6.77. The molecule has 23 heavy (non-hydrogen) atoms. The maximum absolute atomic E-state index is 13.1. The Hall–Kier alpha value is -0.720. The van der Waals surface area contributed by atoms with Crippen molar-refractivity contribution >= 4 is 39.1 Å². The third-order valence-electron chi connectivity index (χ3n) is 3.38. The number of rotatable bonds is 2. The van der Waals surface area contributed by atoms with Crippen molar-refractivity contribution in [1.82, 2.24) is 0 Å². The van der Waals surface area contributed by atoms with Crippen LogP contribution in [0, 0.1) is 17.6 Å². The molecule has 1 atom stereocenters.